The fourth-order valence-electron chi connectivity index (χ4n) is 2.40. The number of aromatic nitrogens is 1. The molecule has 23 heavy (non-hydrogen) atoms. The van der Waals surface area contributed by atoms with E-state index in [1.54, 1.807) is 12.3 Å². The summed E-state index contributed by atoms with van der Waals surface area (Å²) in [6.45, 7) is 1.95. The number of H-pyrrole nitrogens is 1. The SMILES string of the molecule is CC(=Cc1c[nH]c2c(OCc3ccccc3)cccc12)[N+](=O)[O-]. The Morgan fingerprint density at radius 1 is 1.22 bits per heavy atom. The Bertz CT molecular complexity index is 866. The Labute approximate surface area is 133 Å². The molecule has 0 fully saturated rings. The van der Waals surface area contributed by atoms with E-state index in [0.717, 1.165) is 27.8 Å². The zero-order valence-electron chi connectivity index (χ0n) is 12.7. The zero-order valence-corrected chi connectivity index (χ0v) is 12.7. The summed E-state index contributed by atoms with van der Waals surface area (Å²) < 4.78 is 5.89. The van der Waals surface area contributed by atoms with E-state index in [9.17, 15) is 10.1 Å². The predicted molar refractivity (Wildman–Crippen MR) is 89.7 cm³/mol. The van der Waals surface area contributed by atoms with Gasteiger partial charge in [0.05, 0.1) is 10.4 Å². The van der Waals surface area contributed by atoms with E-state index in [1.165, 1.54) is 6.92 Å². The van der Waals surface area contributed by atoms with E-state index in [0.29, 0.717) is 6.61 Å². The number of fused-ring (bicyclic) bond motifs is 1. The second-order valence-electron chi connectivity index (χ2n) is 5.24. The summed E-state index contributed by atoms with van der Waals surface area (Å²) >= 11 is 0. The average molecular weight is 308 g/mol. The number of para-hydroxylation sites is 1. The Balaban J connectivity index is 1.89. The van der Waals surface area contributed by atoms with E-state index >= 15 is 0 Å². The van der Waals surface area contributed by atoms with Crippen LogP contribution in [0.3, 0.4) is 0 Å². The molecule has 5 heteroatoms. The van der Waals surface area contributed by atoms with Crippen LogP contribution in [0.25, 0.3) is 17.0 Å². The molecule has 0 spiro atoms. The van der Waals surface area contributed by atoms with Gasteiger partial charge in [0.1, 0.15) is 12.4 Å². The van der Waals surface area contributed by atoms with Gasteiger partial charge in [-0.15, -0.1) is 0 Å². The number of nitrogens with one attached hydrogen (secondary N) is 1. The van der Waals surface area contributed by atoms with Gasteiger partial charge in [-0.1, -0.05) is 42.5 Å². The van der Waals surface area contributed by atoms with Gasteiger partial charge in [-0.25, -0.2) is 0 Å². The number of nitro groups is 1. The number of hydrogen-bond donors (Lipinski definition) is 1. The lowest BCUT2D eigenvalue weighted by Crippen LogP contribution is -1.95. The number of hydrogen-bond acceptors (Lipinski definition) is 3. The first kappa shape index (κ1) is 14.8. The maximum atomic E-state index is 10.8. The van der Waals surface area contributed by atoms with Crippen molar-refractivity contribution in [2.45, 2.75) is 13.5 Å². The Morgan fingerprint density at radius 3 is 2.74 bits per heavy atom. The van der Waals surface area contributed by atoms with Gasteiger partial charge < -0.3 is 9.72 Å². The van der Waals surface area contributed by atoms with Crippen molar-refractivity contribution in [2.75, 3.05) is 0 Å². The molecule has 3 aromatic rings. The summed E-state index contributed by atoms with van der Waals surface area (Å²) in [6, 6.07) is 15.6. The first-order valence-electron chi connectivity index (χ1n) is 7.24. The van der Waals surface area contributed by atoms with Crippen molar-refractivity contribution in [1.29, 1.82) is 0 Å². The van der Waals surface area contributed by atoms with Gasteiger partial charge in [0.25, 0.3) is 0 Å². The summed E-state index contributed by atoms with van der Waals surface area (Å²) in [7, 11) is 0. The van der Waals surface area contributed by atoms with Gasteiger partial charge in [-0.3, -0.25) is 10.1 Å². The average Bonchev–Trinajstić information content (AvgIpc) is 2.97. The van der Waals surface area contributed by atoms with E-state index in [2.05, 4.69) is 4.98 Å². The number of rotatable bonds is 5. The molecule has 5 nitrogen and oxygen atoms in total. The summed E-state index contributed by atoms with van der Waals surface area (Å²) in [5.41, 5.74) is 2.80. The van der Waals surface area contributed by atoms with Crippen LogP contribution >= 0.6 is 0 Å². The monoisotopic (exact) mass is 308 g/mol. The van der Waals surface area contributed by atoms with Gasteiger partial charge in [-0.2, -0.15) is 0 Å². The number of benzene rings is 2. The molecular weight excluding hydrogens is 292 g/mol. The van der Waals surface area contributed by atoms with Gasteiger partial charge in [0.15, 0.2) is 0 Å². The molecule has 0 aliphatic heterocycles. The topological polar surface area (TPSA) is 68.2 Å². The smallest absolute Gasteiger partial charge is 0.243 e. The maximum Gasteiger partial charge on any atom is 0.243 e. The third-order valence-corrected chi connectivity index (χ3v) is 3.60. The fourth-order valence-corrected chi connectivity index (χ4v) is 2.40. The van der Waals surface area contributed by atoms with Crippen LogP contribution < -0.4 is 4.74 Å². The minimum Gasteiger partial charge on any atom is -0.487 e. The maximum absolute atomic E-state index is 10.8. The molecule has 0 saturated carbocycles. The van der Waals surface area contributed by atoms with Gasteiger partial charge >= 0.3 is 0 Å². The zero-order chi connectivity index (χ0) is 16.2. The largest absolute Gasteiger partial charge is 0.487 e. The van der Waals surface area contributed by atoms with Crippen molar-refractivity contribution in [3.8, 4) is 5.75 Å². The molecular formula is C18H16N2O3. The third kappa shape index (κ3) is 3.23. The quantitative estimate of drug-likeness (QED) is 0.561. The van der Waals surface area contributed by atoms with Crippen molar-refractivity contribution in [1.82, 2.24) is 4.98 Å². The van der Waals surface area contributed by atoms with Crippen molar-refractivity contribution in [2.24, 2.45) is 0 Å². The van der Waals surface area contributed by atoms with Crippen LogP contribution in [0.4, 0.5) is 0 Å². The summed E-state index contributed by atoms with van der Waals surface area (Å²) in [6.07, 6.45) is 3.31. The lowest BCUT2D eigenvalue weighted by Gasteiger charge is -2.07. The summed E-state index contributed by atoms with van der Waals surface area (Å²) in [5.74, 6) is 0.727. The highest BCUT2D eigenvalue weighted by Crippen LogP contribution is 2.29. The number of ether oxygens (including phenoxy) is 1. The molecule has 1 aromatic heterocycles. The molecule has 3 rings (SSSR count). The molecule has 0 aliphatic rings. The molecule has 0 amide bonds. The van der Waals surface area contributed by atoms with Crippen LogP contribution in [0.15, 0.2) is 60.4 Å². The third-order valence-electron chi connectivity index (χ3n) is 3.60. The van der Waals surface area contributed by atoms with Crippen LogP contribution in [-0.2, 0) is 6.61 Å². The molecule has 0 unspecified atom stereocenters. The van der Waals surface area contributed by atoms with Crippen molar-refractivity contribution < 1.29 is 9.66 Å². The summed E-state index contributed by atoms with van der Waals surface area (Å²) in [4.78, 5) is 13.5. The molecule has 0 radical (unpaired) electrons. The molecule has 116 valence electrons. The van der Waals surface area contributed by atoms with Gasteiger partial charge in [0, 0.05) is 30.1 Å². The number of aromatic amines is 1. The fraction of sp³-hybridized carbons (Fsp3) is 0.111. The number of allylic oxidation sites excluding steroid dienone is 1. The molecule has 0 aliphatic carbocycles. The van der Waals surface area contributed by atoms with Gasteiger partial charge in [0.2, 0.25) is 5.70 Å². The predicted octanol–water partition coefficient (Wildman–Crippen LogP) is 4.38. The highest BCUT2D eigenvalue weighted by atomic mass is 16.6. The van der Waals surface area contributed by atoms with E-state index < -0.39 is 4.92 Å². The van der Waals surface area contributed by atoms with Crippen LogP contribution in [-0.4, -0.2) is 9.91 Å². The van der Waals surface area contributed by atoms with Crippen LogP contribution in [0.5, 0.6) is 5.75 Å². The molecule has 2 aromatic carbocycles. The van der Waals surface area contributed by atoms with E-state index in [-0.39, 0.29) is 5.70 Å². The highest BCUT2D eigenvalue weighted by molar-refractivity contribution is 5.92. The normalized spacial score (nSPS) is 11.6. The van der Waals surface area contributed by atoms with E-state index in [1.807, 2.05) is 48.5 Å². The van der Waals surface area contributed by atoms with Crippen LogP contribution in [0.2, 0.25) is 0 Å². The van der Waals surface area contributed by atoms with E-state index in [4.69, 9.17) is 4.74 Å². The first-order chi connectivity index (χ1) is 11.1. The van der Waals surface area contributed by atoms with Crippen molar-refractivity contribution in [3.05, 3.63) is 81.7 Å². The Kier molecular flexibility index (Phi) is 4.10. The summed E-state index contributed by atoms with van der Waals surface area (Å²) in [5, 5.41) is 11.7. The Morgan fingerprint density at radius 2 is 2.00 bits per heavy atom. The lowest BCUT2D eigenvalue weighted by atomic mass is 10.1. The molecule has 0 bridgehead atoms. The molecule has 1 N–H and O–H groups in total. The lowest BCUT2D eigenvalue weighted by molar-refractivity contribution is -0.422. The molecule has 0 saturated heterocycles. The second-order valence-corrected chi connectivity index (χ2v) is 5.24. The van der Waals surface area contributed by atoms with Crippen LogP contribution in [0, 0.1) is 10.1 Å². The Hall–Kier alpha value is -3.08. The first-order valence-corrected chi connectivity index (χ1v) is 7.24. The van der Waals surface area contributed by atoms with Crippen LogP contribution in [0.1, 0.15) is 18.1 Å². The standard InChI is InChI=1S/C18H16N2O3/c1-13(20(21)22)10-15-11-19-18-16(15)8-5-9-17(18)23-12-14-6-3-2-4-7-14/h2-11,19H,12H2,1H3. The number of nitrogens with zero attached hydrogens (tertiary/aromatic N) is 1. The molecule has 0 atom stereocenters. The van der Waals surface area contributed by atoms with Gasteiger partial charge in [-0.05, 0) is 11.6 Å². The molecule has 1 heterocycles. The minimum absolute atomic E-state index is 0.0986. The minimum atomic E-state index is -0.394. The second kappa shape index (κ2) is 6.36. The van der Waals surface area contributed by atoms with Crippen molar-refractivity contribution >= 4 is 17.0 Å². The van der Waals surface area contributed by atoms with Crippen molar-refractivity contribution in [3.63, 3.8) is 0 Å². The highest BCUT2D eigenvalue weighted by Gasteiger charge is 2.10.